The Balaban J connectivity index is 1.58. The van der Waals surface area contributed by atoms with Crippen molar-refractivity contribution < 1.29 is 9.18 Å². The number of carbonyl (C=O) groups excluding carboxylic acids is 1. The van der Waals surface area contributed by atoms with Crippen molar-refractivity contribution in [3.05, 3.63) is 82.3 Å². The molecule has 1 saturated carbocycles. The van der Waals surface area contributed by atoms with E-state index in [1.54, 1.807) is 30.5 Å². The number of halogens is 2. The number of hydrogen-bond acceptors (Lipinski definition) is 2. The Morgan fingerprint density at radius 2 is 2.00 bits per heavy atom. The molecule has 3 aromatic rings. The normalized spacial score (nSPS) is 13.6. The number of nitrogens with zero attached hydrogens (tertiary/aromatic N) is 3. The standard InChI is InChI=1S/C20H17BrFN3O/c21-15-5-3-4-14(12-15)13-24(16-8-9-16)20(26)18-10-11-25(23-18)19-7-2-1-6-17(19)22/h1-7,10-12,16H,8-9,13H2. The van der Waals surface area contributed by atoms with Crippen molar-refractivity contribution in [3.8, 4) is 5.69 Å². The Morgan fingerprint density at radius 3 is 2.73 bits per heavy atom. The van der Waals surface area contributed by atoms with Gasteiger partial charge in [0.2, 0.25) is 0 Å². The molecule has 6 heteroatoms. The molecule has 1 heterocycles. The van der Waals surface area contributed by atoms with Crippen molar-refractivity contribution in [1.82, 2.24) is 14.7 Å². The zero-order valence-corrected chi connectivity index (χ0v) is 15.6. The van der Waals surface area contributed by atoms with Gasteiger partial charge in [-0.15, -0.1) is 0 Å². The minimum Gasteiger partial charge on any atom is -0.330 e. The number of carbonyl (C=O) groups is 1. The van der Waals surface area contributed by atoms with Gasteiger partial charge in [-0.05, 0) is 48.7 Å². The van der Waals surface area contributed by atoms with Crippen LogP contribution < -0.4 is 0 Å². The molecular formula is C20H17BrFN3O. The number of aromatic nitrogens is 2. The average molecular weight is 414 g/mol. The molecule has 1 fully saturated rings. The zero-order chi connectivity index (χ0) is 18.1. The second-order valence-electron chi connectivity index (χ2n) is 6.39. The highest BCUT2D eigenvalue weighted by atomic mass is 79.9. The topological polar surface area (TPSA) is 38.1 Å². The third-order valence-corrected chi connectivity index (χ3v) is 4.89. The van der Waals surface area contributed by atoms with Gasteiger partial charge in [-0.2, -0.15) is 5.10 Å². The van der Waals surface area contributed by atoms with Gasteiger partial charge < -0.3 is 4.90 Å². The smallest absolute Gasteiger partial charge is 0.274 e. The first-order valence-electron chi connectivity index (χ1n) is 8.48. The maximum atomic E-state index is 13.9. The lowest BCUT2D eigenvalue weighted by atomic mass is 10.2. The van der Waals surface area contributed by atoms with E-state index in [0.29, 0.717) is 17.9 Å². The molecule has 0 unspecified atom stereocenters. The van der Waals surface area contributed by atoms with E-state index in [1.165, 1.54) is 10.7 Å². The van der Waals surface area contributed by atoms with E-state index in [4.69, 9.17) is 0 Å². The van der Waals surface area contributed by atoms with Crippen LogP contribution in [-0.2, 0) is 6.54 Å². The molecule has 26 heavy (non-hydrogen) atoms. The summed E-state index contributed by atoms with van der Waals surface area (Å²) in [6.45, 7) is 0.537. The summed E-state index contributed by atoms with van der Waals surface area (Å²) in [5, 5.41) is 4.31. The van der Waals surface area contributed by atoms with E-state index in [-0.39, 0.29) is 17.8 Å². The van der Waals surface area contributed by atoms with Gasteiger partial charge in [0.05, 0.1) is 0 Å². The summed E-state index contributed by atoms with van der Waals surface area (Å²) in [6.07, 6.45) is 3.64. The van der Waals surface area contributed by atoms with Crippen molar-refractivity contribution in [2.75, 3.05) is 0 Å². The highest BCUT2D eigenvalue weighted by molar-refractivity contribution is 9.10. The number of benzene rings is 2. The Morgan fingerprint density at radius 1 is 1.19 bits per heavy atom. The molecule has 0 spiro atoms. The molecule has 1 amide bonds. The molecule has 0 radical (unpaired) electrons. The van der Waals surface area contributed by atoms with Crippen LogP contribution in [0.25, 0.3) is 5.69 Å². The largest absolute Gasteiger partial charge is 0.330 e. The minimum absolute atomic E-state index is 0.123. The van der Waals surface area contributed by atoms with E-state index in [0.717, 1.165) is 22.9 Å². The van der Waals surface area contributed by atoms with Crippen molar-refractivity contribution >= 4 is 21.8 Å². The van der Waals surface area contributed by atoms with Crippen molar-refractivity contribution in [2.24, 2.45) is 0 Å². The fourth-order valence-electron chi connectivity index (χ4n) is 2.94. The maximum absolute atomic E-state index is 13.9. The molecule has 1 aliphatic rings. The van der Waals surface area contributed by atoms with Crippen LogP contribution in [-0.4, -0.2) is 26.6 Å². The van der Waals surface area contributed by atoms with Crippen LogP contribution in [0.4, 0.5) is 4.39 Å². The van der Waals surface area contributed by atoms with Crippen LogP contribution in [0, 0.1) is 5.82 Å². The third kappa shape index (κ3) is 3.55. The monoisotopic (exact) mass is 413 g/mol. The molecule has 132 valence electrons. The fraction of sp³-hybridized carbons (Fsp3) is 0.200. The molecular weight excluding hydrogens is 397 g/mol. The molecule has 0 aliphatic heterocycles. The quantitative estimate of drug-likeness (QED) is 0.613. The molecule has 4 rings (SSSR count). The molecule has 2 aromatic carbocycles. The third-order valence-electron chi connectivity index (χ3n) is 4.40. The fourth-order valence-corrected chi connectivity index (χ4v) is 3.39. The predicted molar refractivity (Wildman–Crippen MR) is 101 cm³/mol. The van der Waals surface area contributed by atoms with Gasteiger partial charge in [0, 0.05) is 23.3 Å². The van der Waals surface area contributed by atoms with E-state index < -0.39 is 0 Å². The van der Waals surface area contributed by atoms with E-state index in [2.05, 4.69) is 21.0 Å². The number of para-hydroxylation sites is 1. The molecule has 0 bridgehead atoms. The summed E-state index contributed by atoms with van der Waals surface area (Å²) in [5.74, 6) is -0.495. The van der Waals surface area contributed by atoms with Gasteiger partial charge in [0.15, 0.2) is 5.69 Å². The molecule has 1 aliphatic carbocycles. The van der Waals surface area contributed by atoms with Gasteiger partial charge in [-0.1, -0.05) is 40.2 Å². The van der Waals surface area contributed by atoms with E-state index >= 15 is 0 Å². The Hall–Kier alpha value is -2.47. The Bertz CT molecular complexity index is 951. The van der Waals surface area contributed by atoms with Crippen LogP contribution in [0.15, 0.2) is 65.3 Å². The average Bonchev–Trinajstić information content (AvgIpc) is 3.36. The number of rotatable bonds is 5. The van der Waals surface area contributed by atoms with Crippen LogP contribution in [0.5, 0.6) is 0 Å². The molecule has 1 aromatic heterocycles. The van der Waals surface area contributed by atoms with E-state index in [9.17, 15) is 9.18 Å². The maximum Gasteiger partial charge on any atom is 0.274 e. The number of hydrogen-bond donors (Lipinski definition) is 0. The van der Waals surface area contributed by atoms with Crippen molar-refractivity contribution in [1.29, 1.82) is 0 Å². The zero-order valence-electron chi connectivity index (χ0n) is 14.0. The van der Waals surface area contributed by atoms with Crippen LogP contribution in [0.2, 0.25) is 0 Å². The minimum atomic E-state index is -0.372. The van der Waals surface area contributed by atoms with Gasteiger partial charge in [-0.25, -0.2) is 9.07 Å². The van der Waals surface area contributed by atoms with Gasteiger partial charge in [-0.3, -0.25) is 4.79 Å². The van der Waals surface area contributed by atoms with Crippen LogP contribution in [0.3, 0.4) is 0 Å². The first-order valence-corrected chi connectivity index (χ1v) is 9.27. The lowest BCUT2D eigenvalue weighted by Crippen LogP contribution is -2.33. The highest BCUT2D eigenvalue weighted by Crippen LogP contribution is 2.30. The second kappa shape index (κ2) is 7.03. The van der Waals surface area contributed by atoms with Crippen molar-refractivity contribution in [3.63, 3.8) is 0 Å². The first-order chi connectivity index (χ1) is 12.6. The Labute approximate surface area is 159 Å². The summed E-state index contributed by atoms with van der Waals surface area (Å²) in [4.78, 5) is 14.8. The van der Waals surface area contributed by atoms with Crippen LogP contribution >= 0.6 is 15.9 Å². The van der Waals surface area contributed by atoms with Crippen LogP contribution in [0.1, 0.15) is 28.9 Å². The lowest BCUT2D eigenvalue weighted by Gasteiger charge is -2.21. The molecule has 0 saturated heterocycles. The van der Waals surface area contributed by atoms with Gasteiger partial charge >= 0.3 is 0 Å². The lowest BCUT2D eigenvalue weighted by molar-refractivity contribution is 0.0723. The summed E-state index contributed by atoms with van der Waals surface area (Å²) in [6, 6.07) is 16.2. The molecule has 0 N–H and O–H groups in total. The van der Waals surface area contributed by atoms with Gasteiger partial charge in [0.1, 0.15) is 11.5 Å². The summed E-state index contributed by atoms with van der Waals surface area (Å²) in [5.41, 5.74) is 1.72. The summed E-state index contributed by atoms with van der Waals surface area (Å²) in [7, 11) is 0. The molecule has 0 atom stereocenters. The first kappa shape index (κ1) is 17.0. The SMILES string of the molecule is O=C(c1ccn(-c2ccccc2F)n1)N(Cc1cccc(Br)c1)C1CC1. The van der Waals surface area contributed by atoms with Gasteiger partial charge in [0.25, 0.3) is 5.91 Å². The van der Waals surface area contributed by atoms with Crippen molar-refractivity contribution in [2.45, 2.75) is 25.4 Å². The summed E-state index contributed by atoms with van der Waals surface area (Å²) < 4.78 is 16.3. The second-order valence-corrected chi connectivity index (χ2v) is 7.31. The Kier molecular flexibility index (Phi) is 4.59. The summed E-state index contributed by atoms with van der Waals surface area (Å²) >= 11 is 3.47. The predicted octanol–water partition coefficient (Wildman–Crippen LogP) is 4.58. The molecule has 4 nitrogen and oxygen atoms in total. The highest BCUT2D eigenvalue weighted by Gasteiger charge is 2.34. The number of amides is 1. The van der Waals surface area contributed by atoms with E-state index in [1.807, 2.05) is 29.2 Å².